The number of rotatable bonds is 3. The van der Waals surface area contributed by atoms with Crippen LogP contribution in [0.4, 0.5) is 8.78 Å². The molecule has 0 unspecified atom stereocenters. The molecule has 0 radical (unpaired) electrons. The molecular formula is C16H21F2N3O2. The SMILES string of the molecule is O=C(c1ncc(F)cc1F)N1CCC[C@H](CN2CCOCC2)C1. The summed E-state index contributed by atoms with van der Waals surface area (Å²) in [6.45, 7) is 5.44. The Hall–Kier alpha value is -1.60. The molecule has 0 aliphatic carbocycles. The lowest BCUT2D eigenvalue weighted by atomic mass is 9.97. The Labute approximate surface area is 134 Å². The van der Waals surface area contributed by atoms with E-state index >= 15 is 0 Å². The second kappa shape index (κ2) is 7.31. The number of hydrogen-bond acceptors (Lipinski definition) is 4. The summed E-state index contributed by atoms with van der Waals surface area (Å²) in [5.41, 5.74) is -0.293. The van der Waals surface area contributed by atoms with E-state index in [0.717, 1.165) is 51.9 Å². The first-order chi connectivity index (χ1) is 11.1. The molecule has 1 amide bonds. The summed E-state index contributed by atoms with van der Waals surface area (Å²) in [4.78, 5) is 20.0. The zero-order chi connectivity index (χ0) is 16.2. The Morgan fingerprint density at radius 2 is 2.09 bits per heavy atom. The highest BCUT2D eigenvalue weighted by Gasteiger charge is 2.28. The van der Waals surface area contributed by atoms with Crippen molar-refractivity contribution in [1.29, 1.82) is 0 Å². The maximum atomic E-state index is 13.8. The van der Waals surface area contributed by atoms with E-state index in [-0.39, 0.29) is 5.69 Å². The van der Waals surface area contributed by atoms with Crippen molar-refractivity contribution in [3.63, 3.8) is 0 Å². The molecule has 0 aromatic carbocycles. The minimum absolute atomic E-state index is 0.293. The molecule has 1 aromatic heterocycles. The van der Waals surface area contributed by atoms with Crippen LogP contribution < -0.4 is 0 Å². The molecule has 1 aromatic rings. The molecule has 23 heavy (non-hydrogen) atoms. The van der Waals surface area contributed by atoms with Crippen molar-refractivity contribution < 1.29 is 18.3 Å². The van der Waals surface area contributed by atoms with E-state index in [4.69, 9.17) is 4.74 Å². The molecule has 2 aliphatic rings. The maximum Gasteiger partial charge on any atom is 0.275 e. The van der Waals surface area contributed by atoms with Gasteiger partial charge in [0.2, 0.25) is 0 Å². The average Bonchev–Trinajstić information content (AvgIpc) is 2.55. The van der Waals surface area contributed by atoms with Gasteiger partial charge in [0, 0.05) is 38.8 Å². The van der Waals surface area contributed by atoms with Crippen molar-refractivity contribution in [2.45, 2.75) is 12.8 Å². The number of morpholine rings is 1. The smallest absolute Gasteiger partial charge is 0.275 e. The van der Waals surface area contributed by atoms with Crippen molar-refractivity contribution in [2.75, 3.05) is 45.9 Å². The van der Waals surface area contributed by atoms with Gasteiger partial charge in [-0.05, 0) is 18.8 Å². The largest absolute Gasteiger partial charge is 0.379 e. The van der Waals surface area contributed by atoms with E-state index in [9.17, 15) is 13.6 Å². The first kappa shape index (κ1) is 16.3. The van der Waals surface area contributed by atoms with Crippen LogP contribution in [0.15, 0.2) is 12.3 Å². The lowest BCUT2D eigenvalue weighted by molar-refractivity contribution is 0.0222. The minimum Gasteiger partial charge on any atom is -0.379 e. The molecule has 2 aliphatic heterocycles. The summed E-state index contributed by atoms with van der Waals surface area (Å²) < 4.78 is 32.0. The highest BCUT2D eigenvalue weighted by Crippen LogP contribution is 2.20. The highest BCUT2D eigenvalue weighted by atomic mass is 19.1. The predicted octanol–water partition coefficient (Wildman–Crippen LogP) is 1.54. The number of ether oxygens (including phenoxy) is 1. The molecule has 2 saturated heterocycles. The molecule has 0 saturated carbocycles. The van der Waals surface area contributed by atoms with Gasteiger partial charge < -0.3 is 9.64 Å². The molecule has 126 valence electrons. The first-order valence-electron chi connectivity index (χ1n) is 8.04. The van der Waals surface area contributed by atoms with Crippen molar-refractivity contribution in [3.05, 3.63) is 29.6 Å². The number of likely N-dealkylation sites (tertiary alicyclic amines) is 1. The van der Waals surface area contributed by atoms with Crippen LogP contribution in [0.25, 0.3) is 0 Å². The van der Waals surface area contributed by atoms with Crippen LogP contribution in [-0.4, -0.2) is 66.6 Å². The number of carbonyl (C=O) groups excluding carboxylic acids is 1. The molecule has 7 heteroatoms. The topological polar surface area (TPSA) is 45.7 Å². The molecule has 1 atom stereocenters. The minimum atomic E-state index is -0.898. The lowest BCUT2D eigenvalue weighted by Gasteiger charge is -2.36. The fourth-order valence-electron chi connectivity index (χ4n) is 3.27. The van der Waals surface area contributed by atoms with Crippen LogP contribution in [-0.2, 0) is 4.74 Å². The van der Waals surface area contributed by atoms with E-state index in [0.29, 0.717) is 25.1 Å². The van der Waals surface area contributed by atoms with Gasteiger partial charge in [-0.25, -0.2) is 13.8 Å². The number of halogens is 2. The van der Waals surface area contributed by atoms with Gasteiger partial charge in [-0.2, -0.15) is 0 Å². The number of piperidine rings is 1. The van der Waals surface area contributed by atoms with Crippen molar-refractivity contribution in [3.8, 4) is 0 Å². The van der Waals surface area contributed by atoms with E-state index in [1.165, 1.54) is 0 Å². The molecule has 0 N–H and O–H groups in total. The van der Waals surface area contributed by atoms with E-state index in [1.54, 1.807) is 4.90 Å². The van der Waals surface area contributed by atoms with Gasteiger partial charge in [-0.15, -0.1) is 0 Å². The van der Waals surface area contributed by atoms with Gasteiger partial charge in [-0.3, -0.25) is 9.69 Å². The summed E-state index contributed by atoms with van der Waals surface area (Å²) in [5.74, 6) is -1.75. The Kier molecular flexibility index (Phi) is 5.17. The monoisotopic (exact) mass is 325 g/mol. The van der Waals surface area contributed by atoms with Crippen molar-refractivity contribution >= 4 is 5.91 Å². The summed E-state index contributed by atoms with van der Waals surface area (Å²) in [6.07, 6.45) is 2.83. The standard InChI is InChI=1S/C16H21F2N3O2/c17-13-8-14(18)15(19-9-13)16(22)21-3-1-2-12(11-21)10-20-4-6-23-7-5-20/h8-9,12H,1-7,10-11H2/t12-/m1/s1. The third-order valence-electron chi connectivity index (χ3n) is 4.44. The van der Waals surface area contributed by atoms with Gasteiger partial charge >= 0.3 is 0 Å². The summed E-state index contributed by atoms with van der Waals surface area (Å²) in [5, 5.41) is 0. The van der Waals surface area contributed by atoms with Gasteiger partial charge in [0.05, 0.1) is 19.4 Å². The second-order valence-corrected chi connectivity index (χ2v) is 6.16. The number of hydrogen-bond donors (Lipinski definition) is 0. The third kappa shape index (κ3) is 4.03. The second-order valence-electron chi connectivity index (χ2n) is 6.16. The van der Waals surface area contributed by atoms with Crippen LogP contribution in [0.3, 0.4) is 0 Å². The fourth-order valence-corrected chi connectivity index (χ4v) is 3.27. The molecule has 0 spiro atoms. The quantitative estimate of drug-likeness (QED) is 0.846. The molecule has 5 nitrogen and oxygen atoms in total. The van der Waals surface area contributed by atoms with E-state index in [2.05, 4.69) is 9.88 Å². The third-order valence-corrected chi connectivity index (χ3v) is 4.44. The number of aromatic nitrogens is 1. The highest BCUT2D eigenvalue weighted by molar-refractivity contribution is 5.92. The fraction of sp³-hybridized carbons (Fsp3) is 0.625. The van der Waals surface area contributed by atoms with Gasteiger partial charge in [0.1, 0.15) is 5.82 Å². The summed E-state index contributed by atoms with van der Waals surface area (Å²) >= 11 is 0. The number of pyridine rings is 1. The molecular weight excluding hydrogens is 304 g/mol. The Morgan fingerprint density at radius 3 is 2.83 bits per heavy atom. The van der Waals surface area contributed by atoms with Crippen LogP contribution in [0.1, 0.15) is 23.3 Å². The lowest BCUT2D eigenvalue weighted by Crippen LogP contribution is -2.46. The Balaban J connectivity index is 1.62. The molecule has 2 fully saturated rings. The van der Waals surface area contributed by atoms with Crippen LogP contribution in [0.5, 0.6) is 0 Å². The predicted molar refractivity (Wildman–Crippen MR) is 80.0 cm³/mol. The number of carbonyl (C=O) groups is 1. The zero-order valence-electron chi connectivity index (χ0n) is 13.0. The van der Waals surface area contributed by atoms with E-state index < -0.39 is 17.5 Å². The van der Waals surface area contributed by atoms with Gasteiger partial charge in [0.15, 0.2) is 11.5 Å². The number of amides is 1. The summed E-state index contributed by atoms with van der Waals surface area (Å²) in [6, 6.07) is 0.704. The van der Waals surface area contributed by atoms with Gasteiger partial charge in [-0.1, -0.05) is 0 Å². The molecule has 0 bridgehead atoms. The zero-order valence-corrected chi connectivity index (χ0v) is 13.0. The van der Waals surface area contributed by atoms with Crippen LogP contribution >= 0.6 is 0 Å². The summed E-state index contributed by atoms with van der Waals surface area (Å²) in [7, 11) is 0. The average molecular weight is 325 g/mol. The molecule has 3 rings (SSSR count). The van der Waals surface area contributed by atoms with Crippen molar-refractivity contribution in [1.82, 2.24) is 14.8 Å². The Bertz CT molecular complexity index is 564. The van der Waals surface area contributed by atoms with Crippen LogP contribution in [0, 0.1) is 17.6 Å². The van der Waals surface area contributed by atoms with Crippen molar-refractivity contribution in [2.24, 2.45) is 5.92 Å². The normalized spacial score (nSPS) is 23.0. The van der Waals surface area contributed by atoms with Crippen LogP contribution in [0.2, 0.25) is 0 Å². The molecule has 3 heterocycles. The maximum absolute atomic E-state index is 13.8. The van der Waals surface area contributed by atoms with Gasteiger partial charge in [0.25, 0.3) is 5.91 Å². The Morgan fingerprint density at radius 1 is 1.30 bits per heavy atom. The number of nitrogens with zero attached hydrogens (tertiary/aromatic N) is 3. The first-order valence-corrected chi connectivity index (χ1v) is 8.04. The van der Waals surface area contributed by atoms with E-state index in [1.807, 2.05) is 0 Å².